The number of thiazole rings is 1. The van der Waals surface area contributed by atoms with Gasteiger partial charge in [-0.3, -0.25) is 4.90 Å². The van der Waals surface area contributed by atoms with Crippen molar-refractivity contribution in [3.05, 3.63) is 44.9 Å². The topological polar surface area (TPSA) is 42.2 Å². The van der Waals surface area contributed by atoms with Gasteiger partial charge in [-0.15, -0.1) is 11.3 Å². The molecule has 0 saturated carbocycles. The molecule has 2 N–H and O–H groups in total. The highest BCUT2D eigenvalue weighted by molar-refractivity contribution is 7.09. The van der Waals surface area contributed by atoms with Gasteiger partial charge in [-0.05, 0) is 37.7 Å². The normalized spacial score (nSPS) is 11.1. The third kappa shape index (κ3) is 3.45. The molecule has 2 rings (SSSR count). The average molecular weight is 282 g/mol. The van der Waals surface area contributed by atoms with Gasteiger partial charge in [0.2, 0.25) is 0 Å². The molecule has 18 heavy (non-hydrogen) atoms. The van der Waals surface area contributed by atoms with Crippen LogP contribution in [0.2, 0.25) is 5.02 Å². The van der Waals surface area contributed by atoms with Crippen LogP contribution in [0.15, 0.2) is 23.6 Å². The molecule has 0 bridgehead atoms. The van der Waals surface area contributed by atoms with E-state index >= 15 is 0 Å². The first-order valence-corrected chi connectivity index (χ1v) is 6.94. The first-order valence-electron chi connectivity index (χ1n) is 5.68. The van der Waals surface area contributed by atoms with Gasteiger partial charge in [-0.1, -0.05) is 11.6 Å². The molecule has 0 aliphatic rings. The lowest BCUT2D eigenvalue weighted by Crippen LogP contribution is -2.18. The summed E-state index contributed by atoms with van der Waals surface area (Å²) in [6.07, 6.45) is 0. The first-order chi connectivity index (χ1) is 8.54. The van der Waals surface area contributed by atoms with Gasteiger partial charge in [0.05, 0.1) is 10.7 Å². The zero-order valence-electron chi connectivity index (χ0n) is 10.5. The lowest BCUT2D eigenvalue weighted by Gasteiger charge is -2.16. The quantitative estimate of drug-likeness (QED) is 0.874. The number of hydrogen-bond donors (Lipinski definition) is 1. The summed E-state index contributed by atoms with van der Waals surface area (Å²) in [6.45, 7) is 3.60. The van der Waals surface area contributed by atoms with Crippen molar-refractivity contribution in [3.63, 3.8) is 0 Å². The zero-order chi connectivity index (χ0) is 13.1. The number of rotatable bonds is 4. The van der Waals surface area contributed by atoms with Crippen LogP contribution in [0.3, 0.4) is 0 Å². The van der Waals surface area contributed by atoms with Gasteiger partial charge in [-0.2, -0.15) is 0 Å². The SMILES string of the molecule is Cc1nc(CN(C)Cc2cc(Cl)ccc2N)cs1. The van der Waals surface area contributed by atoms with Crippen molar-refractivity contribution >= 4 is 28.6 Å². The van der Waals surface area contributed by atoms with Crippen LogP contribution in [-0.4, -0.2) is 16.9 Å². The zero-order valence-corrected chi connectivity index (χ0v) is 12.1. The molecule has 1 aromatic carbocycles. The predicted octanol–water partition coefficient (Wildman–Crippen LogP) is 3.32. The summed E-state index contributed by atoms with van der Waals surface area (Å²) < 4.78 is 0. The smallest absolute Gasteiger partial charge is 0.0897 e. The maximum atomic E-state index is 5.98. The van der Waals surface area contributed by atoms with Crippen molar-refractivity contribution < 1.29 is 0 Å². The minimum absolute atomic E-state index is 0.720. The molecule has 0 aliphatic carbocycles. The van der Waals surface area contributed by atoms with E-state index in [4.69, 9.17) is 17.3 Å². The Labute approximate surface area is 116 Å². The molecule has 5 heteroatoms. The summed E-state index contributed by atoms with van der Waals surface area (Å²) in [5, 5.41) is 3.91. The van der Waals surface area contributed by atoms with Gasteiger partial charge < -0.3 is 5.73 Å². The van der Waals surface area contributed by atoms with E-state index in [0.717, 1.165) is 40.1 Å². The van der Waals surface area contributed by atoms with Crippen LogP contribution in [0, 0.1) is 6.92 Å². The monoisotopic (exact) mass is 281 g/mol. The Hall–Kier alpha value is -1.10. The molecule has 0 saturated heterocycles. The summed E-state index contributed by atoms with van der Waals surface area (Å²) in [6, 6.07) is 5.57. The summed E-state index contributed by atoms with van der Waals surface area (Å²) in [7, 11) is 2.05. The Bertz CT molecular complexity index is 539. The summed E-state index contributed by atoms with van der Waals surface area (Å²) in [5.41, 5.74) is 8.87. The molecular weight excluding hydrogens is 266 g/mol. The molecule has 0 aliphatic heterocycles. The molecule has 0 unspecified atom stereocenters. The van der Waals surface area contributed by atoms with Crippen LogP contribution < -0.4 is 5.73 Å². The van der Waals surface area contributed by atoms with Crippen LogP contribution in [0.4, 0.5) is 5.69 Å². The van der Waals surface area contributed by atoms with Gasteiger partial charge in [0.1, 0.15) is 0 Å². The molecule has 96 valence electrons. The molecular formula is C13H16ClN3S. The minimum Gasteiger partial charge on any atom is -0.398 e. The number of aryl methyl sites for hydroxylation is 1. The lowest BCUT2D eigenvalue weighted by molar-refractivity contribution is 0.316. The summed E-state index contributed by atoms with van der Waals surface area (Å²) in [5.74, 6) is 0. The first kappa shape index (κ1) is 13.3. The fourth-order valence-electron chi connectivity index (χ4n) is 1.82. The second-order valence-electron chi connectivity index (χ2n) is 4.37. The molecule has 0 radical (unpaired) electrons. The maximum absolute atomic E-state index is 5.98. The van der Waals surface area contributed by atoms with Crippen molar-refractivity contribution in [2.45, 2.75) is 20.0 Å². The van der Waals surface area contributed by atoms with Gasteiger partial charge in [0.25, 0.3) is 0 Å². The van der Waals surface area contributed by atoms with Crippen molar-refractivity contribution in [1.29, 1.82) is 0 Å². The van der Waals surface area contributed by atoms with E-state index in [9.17, 15) is 0 Å². The third-order valence-electron chi connectivity index (χ3n) is 2.64. The number of hydrogen-bond acceptors (Lipinski definition) is 4. The highest BCUT2D eigenvalue weighted by Gasteiger charge is 2.07. The third-order valence-corrected chi connectivity index (χ3v) is 3.70. The molecule has 3 nitrogen and oxygen atoms in total. The van der Waals surface area contributed by atoms with E-state index in [2.05, 4.69) is 22.3 Å². The molecule has 0 amide bonds. The largest absolute Gasteiger partial charge is 0.398 e. The second-order valence-corrected chi connectivity index (χ2v) is 5.87. The van der Waals surface area contributed by atoms with E-state index in [-0.39, 0.29) is 0 Å². The van der Waals surface area contributed by atoms with Crippen molar-refractivity contribution in [2.75, 3.05) is 12.8 Å². The van der Waals surface area contributed by atoms with Gasteiger partial charge in [-0.25, -0.2) is 4.98 Å². The number of nitrogen functional groups attached to an aromatic ring is 1. The van der Waals surface area contributed by atoms with Crippen LogP contribution in [0.25, 0.3) is 0 Å². The highest BCUT2D eigenvalue weighted by Crippen LogP contribution is 2.20. The lowest BCUT2D eigenvalue weighted by atomic mass is 10.1. The fourth-order valence-corrected chi connectivity index (χ4v) is 2.61. The summed E-state index contributed by atoms with van der Waals surface area (Å²) in [4.78, 5) is 6.63. The van der Waals surface area contributed by atoms with Gasteiger partial charge in [0.15, 0.2) is 0 Å². The number of aromatic nitrogens is 1. The summed E-state index contributed by atoms with van der Waals surface area (Å²) >= 11 is 7.65. The number of benzene rings is 1. The van der Waals surface area contributed by atoms with Crippen molar-refractivity contribution in [1.82, 2.24) is 9.88 Å². The second kappa shape index (κ2) is 5.69. The van der Waals surface area contributed by atoms with Gasteiger partial charge >= 0.3 is 0 Å². The molecule has 0 spiro atoms. The van der Waals surface area contributed by atoms with Crippen LogP contribution >= 0.6 is 22.9 Å². The number of halogens is 1. The average Bonchev–Trinajstić information content (AvgIpc) is 2.69. The Morgan fingerprint density at radius 1 is 1.39 bits per heavy atom. The van der Waals surface area contributed by atoms with Crippen molar-refractivity contribution in [3.8, 4) is 0 Å². The van der Waals surface area contributed by atoms with Crippen LogP contribution in [0.5, 0.6) is 0 Å². The van der Waals surface area contributed by atoms with Crippen LogP contribution in [0.1, 0.15) is 16.3 Å². The Balaban J connectivity index is 2.02. The number of nitrogens with zero attached hydrogens (tertiary/aromatic N) is 2. The Kier molecular flexibility index (Phi) is 4.22. The van der Waals surface area contributed by atoms with Gasteiger partial charge in [0, 0.05) is 29.2 Å². The molecule has 1 heterocycles. The van der Waals surface area contributed by atoms with E-state index in [1.807, 2.05) is 25.1 Å². The van der Waals surface area contributed by atoms with E-state index in [1.54, 1.807) is 11.3 Å². The predicted molar refractivity (Wildman–Crippen MR) is 77.9 cm³/mol. The standard InChI is InChI=1S/C13H16ClN3S/c1-9-16-12(8-18-9)7-17(2)6-10-5-11(14)3-4-13(10)15/h3-5,8H,6-7,15H2,1-2H3. The number of anilines is 1. The van der Waals surface area contributed by atoms with Crippen molar-refractivity contribution in [2.24, 2.45) is 0 Å². The Morgan fingerprint density at radius 3 is 2.83 bits per heavy atom. The highest BCUT2D eigenvalue weighted by atomic mass is 35.5. The molecule has 2 aromatic rings. The fraction of sp³-hybridized carbons (Fsp3) is 0.308. The molecule has 0 atom stereocenters. The van der Waals surface area contributed by atoms with Crippen LogP contribution in [-0.2, 0) is 13.1 Å². The van der Waals surface area contributed by atoms with E-state index in [1.165, 1.54) is 0 Å². The number of nitrogens with two attached hydrogens (primary N) is 1. The molecule has 0 fully saturated rings. The van der Waals surface area contributed by atoms with E-state index in [0.29, 0.717) is 0 Å². The minimum atomic E-state index is 0.720. The Morgan fingerprint density at radius 2 is 2.17 bits per heavy atom. The maximum Gasteiger partial charge on any atom is 0.0897 e. The van der Waals surface area contributed by atoms with E-state index < -0.39 is 0 Å². The molecule has 1 aromatic heterocycles.